The van der Waals surface area contributed by atoms with E-state index in [4.69, 9.17) is 4.74 Å². The second-order valence-electron chi connectivity index (χ2n) is 4.25. The molecule has 0 saturated carbocycles. The summed E-state index contributed by atoms with van der Waals surface area (Å²) in [6.45, 7) is 0. The fourth-order valence-electron chi connectivity index (χ4n) is 2.00. The number of hydrogen-bond donors (Lipinski definition) is 2. The summed E-state index contributed by atoms with van der Waals surface area (Å²) in [6.07, 6.45) is 0. The number of aromatic amines is 1. The van der Waals surface area contributed by atoms with Gasteiger partial charge in [0.25, 0.3) is 0 Å². The summed E-state index contributed by atoms with van der Waals surface area (Å²) >= 11 is 0. The monoisotopic (exact) mass is 276 g/mol. The number of benzene rings is 2. The molecule has 0 spiro atoms. The number of phenolic OH excluding ortho intramolecular Hbond substituents is 1. The van der Waals surface area contributed by atoms with Crippen molar-refractivity contribution in [1.29, 1.82) is 0 Å². The molecule has 3 aromatic rings. The van der Waals surface area contributed by atoms with Gasteiger partial charge in [-0.25, -0.2) is 13.8 Å². The lowest BCUT2D eigenvalue weighted by Crippen LogP contribution is -1.86. The predicted molar refractivity (Wildman–Crippen MR) is 69.7 cm³/mol. The van der Waals surface area contributed by atoms with E-state index in [2.05, 4.69) is 9.97 Å². The molecule has 0 aliphatic rings. The summed E-state index contributed by atoms with van der Waals surface area (Å²) in [5, 5.41) is 9.85. The van der Waals surface area contributed by atoms with Crippen LogP contribution < -0.4 is 4.74 Å². The van der Waals surface area contributed by atoms with Crippen LogP contribution in [-0.4, -0.2) is 22.2 Å². The van der Waals surface area contributed by atoms with Crippen LogP contribution in [0.3, 0.4) is 0 Å². The number of imidazole rings is 1. The minimum Gasteiger partial charge on any atom is -0.507 e. The second-order valence-corrected chi connectivity index (χ2v) is 4.25. The molecule has 0 fully saturated rings. The summed E-state index contributed by atoms with van der Waals surface area (Å²) in [5.41, 5.74) is 0.587. The zero-order valence-corrected chi connectivity index (χ0v) is 10.4. The Morgan fingerprint density at radius 3 is 2.75 bits per heavy atom. The average Bonchev–Trinajstić information content (AvgIpc) is 2.83. The molecule has 0 aliphatic heterocycles. The highest BCUT2D eigenvalue weighted by molar-refractivity contribution is 5.81. The topological polar surface area (TPSA) is 58.1 Å². The van der Waals surface area contributed by atoms with Crippen LogP contribution in [-0.2, 0) is 0 Å². The molecular formula is C14H10F2N2O2. The fraction of sp³-hybridized carbons (Fsp3) is 0.0714. The number of methoxy groups -OCH3 is 1. The van der Waals surface area contributed by atoms with Crippen molar-refractivity contribution in [2.75, 3.05) is 7.11 Å². The fourth-order valence-corrected chi connectivity index (χ4v) is 2.00. The standard InChI is InChI=1S/C14H10F2N2O2/c1-20-8-2-3-12(19)9(6-8)14-17-11-5-7(15)4-10(16)13(11)18-14/h2-6,19H,1H3,(H,17,18). The van der Waals surface area contributed by atoms with E-state index in [1.54, 1.807) is 12.1 Å². The largest absolute Gasteiger partial charge is 0.507 e. The highest BCUT2D eigenvalue weighted by atomic mass is 19.1. The van der Waals surface area contributed by atoms with Crippen LogP contribution in [0.5, 0.6) is 11.5 Å². The summed E-state index contributed by atoms with van der Waals surface area (Å²) in [6, 6.07) is 6.49. The van der Waals surface area contributed by atoms with Crippen LogP contribution in [0, 0.1) is 11.6 Å². The Morgan fingerprint density at radius 2 is 2.00 bits per heavy atom. The van der Waals surface area contributed by atoms with Crippen LogP contribution in [0.15, 0.2) is 30.3 Å². The first-order valence-corrected chi connectivity index (χ1v) is 5.80. The van der Waals surface area contributed by atoms with Gasteiger partial charge in [0, 0.05) is 6.07 Å². The normalized spacial score (nSPS) is 10.9. The maximum absolute atomic E-state index is 13.6. The minimum atomic E-state index is -0.759. The molecule has 0 bridgehead atoms. The van der Waals surface area contributed by atoms with Crippen molar-refractivity contribution in [3.05, 3.63) is 42.0 Å². The second kappa shape index (κ2) is 4.48. The quantitative estimate of drug-likeness (QED) is 0.755. The van der Waals surface area contributed by atoms with E-state index in [0.29, 0.717) is 11.3 Å². The Hall–Kier alpha value is -2.63. The van der Waals surface area contributed by atoms with Crippen LogP contribution in [0.2, 0.25) is 0 Å². The van der Waals surface area contributed by atoms with Gasteiger partial charge in [0.05, 0.1) is 18.2 Å². The summed E-state index contributed by atoms with van der Waals surface area (Å²) in [4.78, 5) is 6.83. The number of halogens is 2. The molecule has 2 N–H and O–H groups in total. The van der Waals surface area contributed by atoms with Crippen molar-refractivity contribution in [1.82, 2.24) is 9.97 Å². The molecule has 0 atom stereocenters. The van der Waals surface area contributed by atoms with Gasteiger partial charge in [0.1, 0.15) is 28.7 Å². The number of nitrogens with one attached hydrogen (secondary N) is 1. The first-order valence-electron chi connectivity index (χ1n) is 5.80. The number of fused-ring (bicyclic) bond motifs is 1. The van der Waals surface area contributed by atoms with E-state index < -0.39 is 11.6 Å². The lowest BCUT2D eigenvalue weighted by atomic mass is 10.2. The smallest absolute Gasteiger partial charge is 0.153 e. The predicted octanol–water partition coefficient (Wildman–Crippen LogP) is 3.22. The number of ether oxygens (including phenoxy) is 1. The Labute approximate surface area is 112 Å². The van der Waals surface area contributed by atoms with E-state index in [9.17, 15) is 13.9 Å². The number of rotatable bonds is 2. The molecule has 1 heterocycles. The number of nitrogens with zero attached hydrogens (tertiary/aromatic N) is 1. The molecule has 20 heavy (non-hydrogen) atoms. The van der Waals surface area contributed by atoms with Gasteiger partial charge in [-0.15, -0.1) is 0 Å². The zero-order chi connectivity index (χ0) is 14.3. The van der Waals surface area contributed by atoms with Crippen molar-refractivity contribution >= 4 is 11.0 Å². The molecule has 4 nitrogen and oxygen atoms in total. The van der Waals surface area contributed by atoms with Gasteiger partial charge < -0.3 is 14.8 Å². The Morgan fingerprint density at radius 1 is 1.20 bits per heavy atom. The van der Waals surface area contributed by atoms with E-state index in [-0.39, 0.29) is 22.6 Å². The van der Waals surface area contributed by atoms with Crippen LogP contribution in [0.4, 0.5) is 8.78 Å². The number of aromatic nitrogens is 2. The highest BCUT2D eigenvalue weighted by Gasteiger charge is 2.14. The Balaban J connectivity index is 2.22. The number of aromatic hydroxyl groups is 1. The van der Waals surface area contributed by atoms with Gasteiger partial charge in [0.2, 0.25) is 0 Å². The zero-order valence-electron chi connectivity index (χ0n) is 10.4. The first-order chi connectivity index (χ1) is 9.58. The van der Waals surface area contributed by atoms with E-state index >= 15 is 0 Å². The van der Waals surface area contributed by atoms with E-state index in [1.807, 2.05) is 0 Å². The van der Waals surface area contributed by atoms with Gasteiger partial charge in [-0.3, -0.25) is 0 Å². The summed E-state index contributed by atoms with van der Waals surface area (Å²) in [5.74, 6) is -0.735. The lowest BCUT2D eigenvalue weighted by Gasteiger charge is -2.04. The third-order valence-corrected chi connectivity index (χ3v) is 2.96. The SMILES string of the molecule is COc1ccc(O)c(-c2nc3c(F)cc(F)cc3[nH]2)c1. The number of phenols is 1. The molecule has 6 heteroatoms. The van der Waals surface area contributed by atoms with Crippen molar-refractivity contribution in [3.63, 3.8) is 0 Å². The molecule has 102 valence electrons. The van der Waals surface area contributed by atoms with Gasteiger partial charge in [-0.05, 0) is 24.3 Å². The lowest BCUT2D eigenvalue weighted by molar-refractivity contribution is 0.412. The van der Waals surface area contributed by atoms with Crippen molar-refractivity contribution in [3.8, 4) is 22.9 Å². The van der Waals surface area contributed by atoms with E-state index in [1.165, 1.54) is 13.2 Å². The Bertz CT molecular complexity index is 799. The molecule has 0 aliphatic carbocycles. The van der Waals surface area contributed by atoms with Gasteiger partial charge >= 0.3 is 0 Å². The van der Waals surface area contributed by atoms with Crippen molar-refractivity contribution in [2.24, 2.45) is 0 Å². The third kappa shape index (κ3) is 1.95. The van der Waals surface area contributed by atoms with Gasteiger partial charge in [-0.2, -0.15) is 0 Å². The van der Waals surface area contributed by atoms with E-state index in [0.717, 1.165) is 12.1 Å². The minimum absolute atomic E-state index is 0.0172. The molecule has 0 saturated heterocycles. The maximum Gasteiger partial charge on any atom is 0.153 e. The molecule has 2 aromatic carbocycles. The van der Waals surface area contributed by atoms with Gasteiger partial charge in [0.15, 0.2) is 5.82 Å². The number of hydrogen-bond acceptors (Lipinski definition) is 3. The molecule has 3 rings (SSSR count). The van der Waals surface area contributed by atoms with Crippen LogP contribution >= 0.6 is 0 Å². The molecule has 0 unspecified atom stereocenters. The molecule has 0 radical (unpaired) electrons. The summed E-state index contributed by atoms with van der Waals surface area (Å²) < 4.78 is 31.8. The van der Waals surface area contributed by atoms with Gasteiger partial charge in [-0.1, -0.05) is 0 Å². The third-order valence-electron chi connectivity index (χ3n) is 2.96. The number of H-pyrrole nitrogens is 1. The molecular weight excluding hydrogens is 266 g/mol. The first kappa shape index (κ1) is 12.4. The van der Waals surface area contributed by atoms with Crippen LogP contribution in [0.25, 0.3) is 22.4 Å². The highest BCUT2D eigenvalue weighted by Crippen LogP contribution is 2.32. The molecule has 1 aromatic heterocycles. The van der Waals surface area contributed by atoms with Crippen LogP contribution in [0.1, 0.15) is 0 Å². The maximum atomic E-state index is 13.6. The Kier molecular flexibility index (Phi) is 2.78. The van der Waals surface area contributed by atoms with Crippen molar-refractivity contribution in [2.45, 2.75) is 0 Å². The average molecular weight is 276 g/mol. The molecule has 0 amide bonds. The summed E-state index contributed by atoms with van der Waals surface area (Å²) in [7, 11) is 1.49. The van der Waals surface area contributed by atoms with Crippen molar-refractivity contribution < 1.29 is 18.6 Å².